The Balaban J connectivity index is 1.65. The first-order valence-electron chi connectivity index (χ1n) is 10.4. The Labute approximate surface area is 186 Å². The molecule has 0 aliphatic heterocycles. The standard InChI is InChI=1S/C28H21N3O/c32-28-18-10-7-15-23(28)20-29-24-16-8-9-17-26(24)31-27(22-13-5-2-6-14-22)19-25(30-31)21-11-3-1-4-12-21/h1-20,32H. The Kier molecular flexibility index (Phi) is 5.33. The maximum atomic E-state index is 10.1. The largest absolute Gasteiger partial charge is 0.507 e. The van der Waals surface area contributed by atoms with Crippen molar-refractivity contribution in [2.75, 3.05) is 0 Å². The van der Waals surface area contributed by atoms with Gasteiger partial charge in [-0.05, 0) is 30.3 Å². The van der Waals surface area contributed by atoms with Crippen LogP contribution in [0.3, 0.4) is 0 Å². The Morgan fingerprint density at radius 2 is 1.31 bits per heavy atom. The van der Waals surface area contributed by atoms with E-state index in [0.29, 0.717) is 5.56 Å². The Morgan fingerprint density at radius 1 is 0.688 bits per heavy atom. The molecule has 154 valence electrons. The van der Waals surface area contributed by atoms with E-state index in [2.05, 4.69) is 35.3 Å². The van der Waals surface area contributed by atoms with Crippen LogP contribution in [-0.2, 0) is 0 Å². The molecule has 0 aliphatic carbocycles. The summed E-state index contributed by atoms with van der Waals surface area (Å²) >= 11 is 0. The average molecular weight is 415 g/mol. The Bertz CT molecular complexity index is 1370. The minimum atomic E-state index is 0.198. The fourth-order valence-corrected chi connectivity index (χ4v) is 3.62. The first-order valence-corrected chi connectivity index (χ1v) is 10.4. The van der Waals surface area contributed by atoms with Gasteiger partial charge in [-0.15, -0.1) is 0 Å². The second kappa shape index (κ2) is 8.74. The lowest BCUT2D eigenvalue weighted by molar-refractivity contribution is 0.474. The van der Waals surface area contributed by atoms with Gasteiger partial charge in [0.15, 0.2) is 0 Å². The van der Waals surface area contributed by atoms with Crippen LogP contribution in [0.5, 0.6) is 5.75 Å². The number of phenolic OH excluding ortho intramolecular Hbond substituents is 1. The summed E-state index contributed by atoms with van der Waals surface area (Å²) in [6.07, 6.45) is 1.68. The van der Waals surface area contributed by atoms with Gasteiger partial charge in [0.1, 0.15) is 5.75 Å². The number of para-hydroxylation sites is 3. The molecule has 32 heavy (non-hydrogen) atoms. The lowest BCUT2D eigenvalue weighted by atomic mass is 10.1. The predicted octanol–water partition coefficient (Wildman–Crippen LogP) is 6.66. The van der Waals surface area contributed by atoms with Crippen molar-refractivity contribution in [2.24, 2.45) is 4.99 Å². The first-order chi connectivity index (χ1) is 15.8. The SMILES string of the molecule is Oc1ccccc1C=Nc1ccccc1-n1nc(-c2ccccc2)cc1-c1ccccc1. The van der Waals surface area contributed by atoms with Crippen LogP contribution in [0.15, 0.2) is 120 Å². The van der Waals surface area contributed by atoms with E-state index in [4.69, 9.17) is 5.10 Å². The number of nitrogens with zero attached hydrogens (tertiary/aromatic N) is 3. The van der Waals surface area contributed by atoms with E-state index >= 15 is 0 Å². The Morgan fingerprint density at radius 3 is 2.06 bits per heavy atom. The predicted molar refractivity (Wildman–Crippen MR) is 130 cm³/mol. The third-order valence-electron chi connectivity index (χ3n) is 5.24. The highest BCUT2D eigenvalue weighted by Gasteiger charge is 2.15. The van der Waals surface area contributed by atoms with Crippen molar-refractivity contribution < 1.29 is 5.11 Å². The normalized spacial score (nSPS) is 11.1. The van der Waals surface area contributed by atoms with Crippen molar-refractivity contribution in [2.45, 2.75) is 0 Å². The number of hydrogen-bond acceptors (Lipinski definition) is 3. The van der Waals surface area contributed by atoms with Gasteiger partial charge in [-0.25, -0.2) is 4.68 Å². The topological polar surface area (TPSA) is 50.4 Å². The van der Waals surface area contributed by atoms with Gasteiger partial charge < -0.3 is 5.11 Å². The van der Waals surface area contributed by atoms with E-state index in [1.165, 1.54) is 0 Å². The maximum Gasteiger partial charge on any atom is 0.124 e. The molecule has 5 aromatic rings. The smallest absolute Gasteiger partial charge is 0.124 e. The molecule has 4 heteroatoms. The molecule has 4 aromatic carbocycles. The van der Waals surface area contributed by atoms with Gasteiger partial charge >= 0.3 is 0 Å². The molecule has 0 bridgehead atoms. The molecule has 0 saturated carbocycles. The zero-order valence-corrected chi connectivity index (χ0v) is 17.3. The fourth-order valence-electron chi connectivity index (χ4n) is 3.62. The molecule has 1 N–H and O–H groups in total. The quantitative estimate of drug-likeness (QED) is 0.326. The van der Waals surface area contributed by atoms with Crippen LogP contribution in [0.1, 0.15) is 5.56 Å². The van der Waals surface area contributed by atoms with Crippen molar-refractivity contribution >= 4 is 11.9 Å². The van der Waals surface area contributed by atoms with E-state index in [1.54, 1.807) is 18.3 Å². The summed E-state index contributed by atoms with van der Waals surface area (Å²) in [5, 5.41) is 15.0. The molecule has 0 unspecified atom stereocenters. The van der Waals surface area contributed by atoms with Gasteiger partial charge in [0.2, 0.25) is 0 Å². The van der Waals surface area contributed by atoms with Crippen molar-refractivity contribution in [1.82, 2.24) is 9.78 Å². The van der Waals surface area contributed by atoms with E-state index < -0.39 is 0 Å². The molecule has 0 fully saturated rings. The highest BCUT2D eigenvalue weighted by Crippen LogP contribution is 2.32. The van der Waals surface area contributed by atoms with E-state index in [0.717, 1.165) is 33.9 Å². The van der Waals surface area contributed by atoms with Crippen molar-refractivity contribution in [3.63, 3.8) is 0 Å². The van der Waals surface area contributed by atoms with Gasteiger partial charge in [-0.3, -0.25) is 4.99 Å². The number of benzene rings is 4. The lowest BCUT2D eigenvalue weighted by Crippen LogP contribution is -2.00. The van der Waals surface area contributed by atoms with Crippen molar-refractivity contribution in [3.05, 3.63) is 121 Å². The van der Waals surface area contributed by atoms with Crippen LogP contribution in [-0.4, -0.2) is 21.1 Å². The molecule has 1 aromatic heterocycles. The number of phenols is 1. The first kappa shape index (κ1) is 19.5. The summed E-state index contributed by atoms with van der Waals surface area (Å²) in [5.41, 5.74) is 6.28. The second-order valence-corrected chi connectivity index (χ2v) is 7.36. The van der Waals surface area contributed by atoms with Crippen LogP contribution in [0.25, 0.3) is 28.2 Å². The van der Waals surface area contributed by atoms with E-state index in [-0.39, 0.29) is 5.75 Å². The summed E-state index contributed by atoms with van der Waals surface area (Å²) in [5.74, 6) is 0.198. The van der Waals surface area contributed by atoms with E-state index in [9.17, 15) is 5.11 Å². The summed E-state index contributed by atoms with van der Waals surface area (Å²) < 4.78 is 1.94. The Hall–Kier alpha value is -4.44. The average Bonchev–Trinajstić information content (AvgIpc) is 3.30. The molecule has 4 nitrogen and oxygen atoms in total. The molecule has 5 rings (SSSR count). The minimum Gasteiger partial charge on any atom is -0.507 e. The fraction of sp³-hybridized carbons (Fsp3) is 0. The van der Waals surface area contributed by atoms with Gasteiger partial charge in [0.05, 0.1) is 22.8 Å². The van der Waals surface area contributed by atoms with Gasteiger partial charge in [0, 0.05) is 22.9 Å². The van der Waals surface area contributed by atoms with Gasteiger partial charge in [-0.1, -0.05) is 84.9 Å². The third kappa shape index (κ3) is 3.94. The molecular weight excluding hydrogens is 394 g/mol. The van der Waals surface area contributed by atoms with Crippen LogP contribution in [0.2, 0.25) is 0 Å². The molecule has 0 radical (unpaired) electrons. The monoisotopic (exact) mass is 415 g/mol. The van der Waals surface area contributed by atoms with Crippen LogP contribution in [0, 0.1) is 0 Å². The molecule has 0 spiro atoms. The summed E-state index contributed by atoms with van der Waals surface area (Å²) in [6.45, 7) is 0. The van der Waals surface area contributed by atoms with Crippen molar-refractivity contribution in [1.29, 1.82) is 0 Å². The number of aliphatic imine (C=N–C) groups is 1. The molecule has 0 atom stereocenters. The number of aromatic hydroxyl groups is 1. The zero-order valence-electron chi connectivity index (χ0n) is 17.3. The van der Waals surface area contributed by atoms with Gasteiger partial charge in [-0.2, -0.15) is 5.10 Å². The molecule has 1 heterocycles. The number of aromatic nitrogens is 2. The van der Waals surface area contributed by atoms with E-state index in [1.807, 2.05) is 77.5 Å². The molecule has 0 amide bonds. The summed E-state index contributed by atoms with van der Waals surface area (Å²) in [4.78, 5) is 4.68. The van der Waals surface area contributed by atoms with Crippen LogP contribution < -0.4 is 0 Å². The molecule has 0 saturated heterocycles. The maximum absolute atomic E-state index is 10.1. The second-order valence-electron chi connectivity index (χ2n) is 7.36. The van der Waals surface area contributed by atoms with Gasteiger partial charge in [0.25, 0.3) is 0 Å². The molecular formula is C28H21N3O. The van der Waals surface area contributed by atoms with Crippen molar-refractivity contribution in [3.8, 4) is 34.0 Å². The highest BCUT2D eigenvalue weighted by atomic mass is 16.3. The molecule has 0 aliphatic rings. The summed E-state index contributed by atoms with van der Waals surface area (Å²) in [6, 6.07) is 37.5. The summed E-state index contributed by atoms with van der Waals surface area (Å²) in [7, 11) is 0. The lowest BCUT2D eigenvalue weighted by Gasteiger charge is -2.10. The van der Waals surface area contributed by atoms with Crippen LogP contribution >= 0.6 is 0 Å². The number of hydrogen-bond donors (Lipinski definition) is 1. The van der Waals surface area contributed by atoms with Crippen LogP contribution in [0.4, 0.5) is 5.69 Å². The zero-order chi connectivity index (χ0) is 21.8. The highest BCUT2D eigenvalue weighted by molar-refractivity contribution is 5.86. The third-order valence-corrected chi connectivity index (χ3v) is 5.24. The minimum absolute atomic E-state index is 0.198. The number of rotatable bonds is 5.